The second-order valence-electron chi connectivity index (χ2n) is 12.4. The number of esters is 1. The second kappa shape index (κ2) is 30.7. The van der Waals surface area contributed by atoms with Crippen LogP contribution in [0.15, 0.2) is 24.3 Å². The van der Waals surface area contributed by atoms with Gasteiger partial charge in [0.1, 0.15) is 5.60 Å². The molecule has 1 heterocycles. The van der Waals surface area contributed by atoms with Gasteiger partial charge >= 0.3 is 5.97 Å². The number of nitrogens with zero attached hydrogens (tertiary/aromatic N) is 1. The predicted molar refractivity (Wildman–Crippen MR) is 191 cm³/mol. The maximum absolute atomic E-state index is 12.3. The van der Waals surface area contributed by atoms with E-state index in [9.17, 15) is 14.4 Å². The molecule has 0 unspecified atom stereocenters. The summed E-state index contributed by atoms with van der Waals surface area (Å²) >= 11 is 0. The molecule has 0 spiro atoms. The van der Waals surface area contributed by atoms with E-state index < -0.39 is 5.60 Å². The standard InChI is InChI=1S/C37H61NO15/c1-37(2,3)53-34(39)8-10-42-12-14-44-16-18-46-20-22-48-24-26-50-28-30-52-31-29-51-27-25-49-23-21-47-19-17-45-15-13-43-11-9-38-35(40)32-6-4-5-7-33(32)36(38)41/h4-7H,8-31H2,1-3H3. The number of amides is 2. The van der Waals surface area contributed by atoms with Crippen LogP contribution >= 0.6 is 0 Å². The van der Waals surface area contributed by atoms with Gasteiger partial charge in [0.15, 0.2) is 0 Å². The SMILES string of the molecule is CC(C)(C)OC(=O)CCOCCOCCOCCOCCOCCOCCOCCOCCOCCOCCOCCN1C(=O)c2ccccc2C1=O. The summed E-state index contributed by atoms with van der Waals surface area (Å²) in [4.78, 5) is 37.4. The fourth-order valence-electron chi connectivity index (χ4n) is 4.45. The van der Waals surface area contributed by atoms with Crippen LogP contribution in [0.1, 0.15) is 47.9 Å². The fourth-order valence-corrected chi connectivity index (χ4v) is 4.45. The average molecular weight is 760 g/mol. The van der Waals surface area contributed by atoms with E-state index in [0.29, 0.717) is 150 Å². The first kappa shape index (κ1) is 46.5. The number of rotatable bonds is 36. The molecular weight excluding hydrogens is 698 g/mol. The number of carbonyl (C=O) groups is 3. The van der Waals surface area contributed by atoms with Crippen molar-refractivity contribution < 1.29 is 71.2 Å². The highest BCUT2D eigenvalue weighted by atomic mass is 16.6. The molecule has 0 saturated heterocycles. The van der Waals surface area contributed by atoms with Crippen molar-refractivity contribution in [3.05, 3.63) is 35.4 Å². The van der Waals surface area contributed by atoms with Gasteiger partial charge < -0.3 is 56.8 Å². The first-order valence-electron chi connectivity index (χ1n) is 18.3. The number of hydrogen-bond acceptors (Lipinski definition) is 15. The Morgan fingerprint density at radius 2 is 0.717 bits per heavy atom. The molecule has 2 amide bonds. The van der Waals surface area contributed by atoms with Crippen molar-refractivity contribution in [2.75, 3.05) is 152 Å². The minimum atomic E-state index is -0.481. The molecule has 16 heteroatoms. The smallest absolute Gasteiger partial charge is 0.308 e. The highest BCUT2D eigenvalue weighted by Crippen LogP contribution is 2.21. The number of imide groups is 1. The van der Waals surface area contributed by atoms with Gasteiger partial charge in [0.2, 0.25) is 0 Å². The van der Waals surface area contributed by atoms with E-state index in [-0.39, 0.29) is 37.4 Å². The average Bonchev–Trinajstić information content (AvgIpc) is 3.37. The molecule has 1 aliphatic heterocycles. The van der Waals surface area contributed by atoms with E-state index in [1.165, 1.54) is 4.90 Å². The van der Waals surface area contributed by atoms with Crippen molar-refractivity contribution in [1.82, 2.24) is 4.90 Å². The van der Waals surface area contributed by atoms with E-state index in [0.717, 1.165) is 0 Å². The third-order valence-corrected chi connectivity index (χ3v) is 6.93. The molecule has 53 heavy (non-hydrogen) atoms. The summed E-state index contributed by atoms with van der Waals surface area (Å²) in [5, 5.41) is 0. The summed E-state index contributed by atoms with van der Waals surface area (Å²) in [7, 11) is 0. The molecule has 304 valence electrons. The quantitative estimate of drug-likeness (QED) is 0.0555. The van der Waals surface area contributed by atoms with E-state index in [2.05, 4.69) is 0 Å². The van der Waals surface area contributed by atoms with Crippen LogP contribution in [0.25, 0.3) is 0 Å². The van der Waals surface area contributed by atoms with Gasteiger partial charge in [-0.2, -0.15) is 0 Å². The Hall–Kier alpha value is -2.61. The lowest BCUT2D eigenvalue weighted by Gasteiger charge is -2.19. The molecular formula is C37H61NO15. The molecule has 16 nitrogen and oxygen atoms in total. The van der Waals surface area contributed by atoms with Crippen LogP contribution in [0.5, 0.6) is 0 Å². The van der Waals surface area contributed by atoms with Gasteiger partial charge in [0, 0.05) is 0 Å². The lowest BCUT2D eigenvalue weighted by Crippen LogP contribution is -2.33. The van der Waals surface area contributed by atoms with Crippen molar-refractivity contribution in [2.24, 2.45) is 0 Å². The molecule has 0 radical (unpaired) electrons. The number of ether oxygens (including phenoxy) is 12. The normalized spacial score (nSPS) is 12.9. The highest BCUT2D eigenvalue weighted by Gasteiger charge is 2.34. The van der Waals surface area contributed by atoms with Crippen molar-refractivity contribution in [3.63, 3.8) is 0 Å². The number of fused-ring (bicyclic) bond motifs is 1. The highest BCUT2D eigenvalue weighted by molar-refractivity contribution is 6.21. The number of hydrogen-bond donors (Lipinski definition) is 0. The van der Waals surface area contributed by atoms with E-state index in [1.54, 1.807) is 24.3 Å². The summed E-state index contributed by atoms with van der Waals surface area (Å²) < 4.78 is 65.3. The molecule has 0 atom stereocenters. The molecule has 0 aliphatic carbocycles. The van der Waals surface area contributed by atoms with Gasteiger partial charge in [0.25, 0.3) is 11.8 Å². The van der Waals surface area contributed by atoms with Crippen LogP contribution < -0.4 is 0 Å². The first-order chi connectivity index (χ1) is 25.8. The molecule has 0 fully saturated rings. The van der Waals surface area contributed by atoms with Crippen LogP contribution in [0.4, 0.5) is 0 Å². The molecule has 1 aromatic carbocycles. The van der Waals surface area contributed by atoms with Crippen molar-refractivity contribution in [1.29, 1.82) is 0 Å². The molecule has 1 aliphatic rings. The lowest BCUT2D eigenvalue weighted by atomic mass is 10.1. The monoisotopic (exact) mass is 759 g/mol. The van der Waals surface area contributed by atoms with Crippen LogP contribution in [-0.4, -0.2) is 180 Å². The topological polar surface area (TPSA) is 165 Å². The van der Waals surface area contributed by atoms with Crippen LogP contribution in [0.2, 0.25) is 0 Å². The summed E-state index contributed by atoms with van der Waals surface area (Å²) in [6.07, 6.45) is 0.225. The predicted octanol–water partition coefficient (Wildman–Crippen LogP) is 2.20. The van der Waals surface area contributed by atoms with Gasteiger partial charge in [0.05, 0.1) is 169 Å². The first-order valence-corrected chi connectivity index (χ1v) is 18.3. The summed E-state index contributed by atoms with van der Waals surface area (Å²) in [5.74, 6) is -0.834. The van der Waals surface area contributed by atoms with Gasteiger partial charge in [-0.1, -0.05) is 12.1 Å². The molecule has 0 saturated carbocycles. The molecule has 0 bridgehead atoms. The summed E-state index contributed by atoms with van der Waals surface area (Å²) in [6.45, 7) is 15.3. The van der Waals surface area contributed by atoms with Crippen LogP contribution in [-0.2, 0) is 61.6 Å². The minimum absolute atomic E-state index is 0.209. The largest absolute Gasteiger partial charge is 0.460 e. The molecule has 1 aromatic rings. The van der Waals surface area contributed by atoms with Gasteiger partial charge in [-0.05, 0) is 32.9 Å². The third kappa shape index (κ3) is 24.4. The Kier molecular flexibility index (Phi) is 26.9. The Morgan fingerprint density at radius 1 is 0.453 bits per heavy atom. The summed E-state index contributed by atoms with van der Waals surface area (Å²) in [6, 6.07) is 6.81. The Balaban J connectivity index is 1.17. The Bertz CT molecular complexity index is 1070. The van der Waals surface area contributed by atoms with Crippen molar-refractivity contribution in [3.8, 4) is 0 Å². The molecule has 2 rings (SSSR count). The number of carbonyl (C=O) groups excluding carboxylic acids is 3. The van der Waals surface area contributed by atoms with Crippen LogP contribution in [0, 0.1) is 0 Å². The molecule has 0 N–H and O–H groups in total. The zero-order valence-corrected chi connectivity index (χ0v) is 31.9. The van der Waals surface area contributed by atoms with E-state index >= 15 is 0 Å². The minimum Gasteiger partial charge on any atom is -0.460 e. The third-order valence-electron chi connectivity index (χ3n) is 6.93. The Labute approximate surface area is 313 Å². The Morgan fingerprint density at radius 3 is 1.00 bits per heavy atom. The van der Waals surface area contributed by atoms with E-state index in [1.807, 2.05) is 20.8 Å². The van der Waals surface area contributed by atoms with Crippen molar-refractivity contribution in [2.45, 2.75) is 32.8 Å². The zero-order valence-electron chi connectivity index (χ0n) is 31.9. The zero-order chi connectivity index (χ0) is 38.2. The number of benzene rings is 1. The maximum Gasteiger partial charge on any atom is 0.308 e. The molecule has 0 aromatic heterocycles. The van der Waals surface area contributed by atoms with Crippen molar-refractivity contribution >= 4 is 17.8 Å². The van der Waals surface area contributed by atoms with Gasteiger partial charge in [-0.25, -0.2) is 0 Å². The second-order valence-corrected chi connectivity index (χ2v) is 12.4. The van der Waals surface area contributed by atoms with Gasteiger partial charge in [-0.3, -0.25) is 19.3 Å². The summed E-state index contributed by atoms with van der Waals surface area (Å²) in [5.41, 5.74) is 0.395. The lowest BCUT2D eigenvalue weighted by molar-refractivity contribution is -0.156. The van der Waals surface area contributed by atoms with Crippen LogP contribution in [0.3, 0.4) is 0 Å². The van der Waals surface area contributed by atoms with Gasteiger partial charge in [-0.15, -0.1) is 0 Å². The maximum atomic E-state index is 12.3. The fraction of sp³-hybridized carbons (Fsp3) is 0.757. The van der Waals surface area contributed by atoms with E-state index in [4.69, 9.17) is 56.8 Å².